The Morgan fingerprint density at radius 2 is 2.18 bits per heavy atom. The Morgan fingerprint density at radius 3 is 2.82 bits per heavy atom. The fourth-order valence-corrected chi connectivity index (χ4v) is 2.54. The molecule has 0 aromatic carbocycles. The van der Waals surface area contributed by atoms with Crippen LogP contribution in [0.1, 0.15) is 32.6 Å². The number of rotatable bonds is 2. The Balaban J connectivity index is 1.84. The van der Waals surface area contributed by atoms with Gasteiger partial charge in [0.2, 0.25) is 5.88 Å². The van der Waals surface area contributed by atoms with E-state index in [-0.39, 0.29) is 12.1 Å². The molecular formula is C12H17BrN2O2. The van der Waals surface area contributed by atoms with Gasteiger partial charge in [0, 0.05) is 12.1 Å². The molecule has 2 rings (SSSR count). The second kappa shape index (κ2) is 5.58. The standard InChI is InChI=1S/C12H17BrN2O2/c1-8-4-2-3-5-9(8)14-12(16)15-11-7-6-10(13)17-11/h6-9H,2-5H2,1H3,(H2,14,15,16). The van der Waals surface area contributed by atoms with Crippen LogP contribution < -0.4 is 10.6 Å². The lowest BCUT2D eigenvalue weighted by atomic mass is 9.86. The van der Waals surface area contributed by atoms with Crippen LogP contribution in [0.3, 0.4) is 0 Å². The molecule has 1 aliphatic rings. The fraction of sp³-hybridized carbons (Fsp3) is 0.583. The summed E-state index contributed by atoms with van der Waals surface area (Å²) in [4.78, 5) is 11.7. The maximum atomic E-state index is 11.7. The molecule has 2 amide bonds. The molecule has 1 heterocycles. The molecule has 2 atom stereocenters. The van der Waals surface area contributed by atoms with E-state index in [0.717, 1.165) is 6.42 Å². The average molecular weight is 301 g/mol. The summed E-state index contributed by atoms with van der Waals surface area (Å²) in [5, 5.41) is 5.68. The van der Waals surface area contributed by atoms with Gasteiger partial charge in [-0.25, -0.2) is 4.79 Å². The summed E-state index contributed by atoms with van der Waals surface area (Å²) in [5.41, 5.74) is 0. The van der Waals surface area contributed by atoms with Gasteiger partial charge in [0.1, 0.15) is 0 Å². The van der Waals surface area contributed by atoms with Gasteiger partial charge in [-0.15, -0.1) is 0 Å². The molecule has 5 heteroatoms. The van der Waals surface area contributed by atoms with Gasteiger partial charge in [-0.1, -0.05) is 19.8 Å². The largest absolute Gasteiger partial charge is 0.434 e. The van der Waals surface area contributed by atoms with Crippen LogP contribution in [0.15, 0.2) is 21.2 Å². The van der Waals surface area contributed by atoms with Crippen molar-refractivity contribution in [1.82, 2.24) is 5.32 Å². The molecule has 1 saturated carbocycles. The summed E-state index contributed by atoms with van der Waals surface area (Å²) in [6, 6.07) is 3.56. The van der Waals surface area contributed by atoms with E-state index in [2.05, 4.69) is 33.5 Å². The molecule has 1 aromatic rings. The molecule has 2 unspecified atom stereocenters. The topological polar surface area (TPSA) is 54.3 Å². The van der Waals surface area contributed by atoms with Crippen LogP contribution in [0.4, 0.5) is 10.7 Å². The second-order valence-electron chi connectivity index (χ2n) is 4.57. The van der Waals surface area contributed by atoms with E-state index in [9.17, 15) is 4.79 Å². The zero-order valence-corrected chi connectivity index (χ0v) is 11.4. The number of hydrogen-bond acceptors (Lipinski definition) is 2. The zero-order chi connectivity index (χ0) is 12.3. The highest BCUT2D eigenvalue weighted by Gasteiger charge is 2.22. The van der Waals surface area contributed by atoms with Crippen molar-refractivity contribution in [3.05, 3.63) is 16.8 Å². The van der Waals surface area contributed by atoms with Gasteiger partial charge >= 0.3 is 6.03 Å². The van der Waals surface area contributed by atoms with Crippen molar-refractivity contribution in [2.45, 2.75) is 38.6 Å². The first-order valence-electron chi connectivity index (χ1n) is 5.98. The summed E-state index contributed by atoms with van der Waals surface area (Å²) >= 11 is 3.19. The molecule has 1 fully saturated rings. The molecule has 0 spiro atoms. The van der Waals surface area contributed by atoms with Crippen LogP contribution in [0.25, 0.3) is 0 Å². The summed E-state index contributed by atoms with van der Waals surface area (Å²) in [6.07, 6.45) is 4.72. The highest BCUT2D eigenvalue weighted by Crippen LogP contribution is 2.24. The minimum Gasteiger partial charge on any atom is -0.434 e. The van der Waals surface area contributed by atoms with Crippen molar-refractivity contribution in [3.8, 4) is 0 Å². The lowest BCUT2D eigenvalue weighted by Gasteiger charge is -2.29. The Hall–Kier alpha value is -0.970. The van der Waals surface area contributed by atoms with Crippen LogP contribution in [0, 0.1) is 5.92 Å². The Kier molecular flexibility index (Phi) is 4.10. The number of halogens is 1. The normalized spacial score (nSPS) is 24.4. The molecule has 1 aliphatic carbocycles. The van der Waals surface area contributed by atoms with Crippen LogP contribution in [-0.2, 0) is 0 Å². The van der Waals surface area contributed by atoms with E-state index in [1.54, 1.807) is 12.1 Å². The summed E-state index contributed by atoms with van der Waals surface area (Å²) in [5.74, 6) is 1.01. The Bertz CT molecular complexity index is 392. The highest BCUT2D eigenvalue weighted by molar-refractivity contribution is 9.10. The third-order valence-electron chi connectivity index (χ3n) is 3.24. The molecule has 1 aromatic heterocycles. The molecular weight excluding hydrogens is 284 g/mol. The number of urea groups is 1. The number of anilines is 1. The molecule has 4 nitrogen and oxygen atoms in total. The Morgan fingerprint density at radius 1 is 1.41 bits per heavy atom. The van der Waals surface area contributed by atoms with E-state index in [1.165, 1.54) is 19.3 Å². The van der Waals surface area contributed by atoms with E-state index < -0.39 is 0 Å². The van der Waals surface area contributed by atoms with Crippen molar-refractivity contribution >= 4 is 27.8 Å². The van der Waals surface area contributed by atoms with Gasteiger partial charge < -0.3 is 9.73 Å². The van der Waals surface area contributed by atoms with Crippen molar-refractivity contribution in [2.24, 2.45) is 5.92 Å². The zero-order valence-electron chi connectivity index (χ0n) is 9.83. The molecule has 94 valence electrons. The third-order valence-corrected chi connectivity index (χ3v) is 3.66. The molecule has 0 bridgehead atoms. The molecule has 0 aliphatic heterocycles. The minimum absolute atomic E-state index is 0.189. The van der Waals surface area contributed by atoms with Gasteiger partial charge in [0.05, 0.1) is 0 Å². The maximum absolute atomic E-state index is 11.7. The monoisotopic (exact) mass is 300 g/mol. The lowest BCUT2D eigenvalue weighted by Crippen LogP contribution is -2.43. The van der Waals surface area contributed by atoms with E-state index in [4.69, 9.17) is 4.42 Å². The first-order chi connectivity index (χ1) is 8.15. The first kappa shape index (κ1) is 12.5. The van der Waals surface area contributed by atoms with Crippen molar-refractivity contribution in [1.29, 1.82) is 0 Å². The highest BCUT2D eigenvalue weighted by atomic mass is 79.9. The number of carbonyl (C=O) groups excluding carboxylic acids is 1. The number of amides is 2. The molecule has 0 radical (unpaired) electrons. The van der Waals surface area contributed by atoms with Crippen LogP contribution in [-0.4, -0.2) is 12.1 Å². The Labute approximate surface area is 109 Å². The fourth-order valence-electron chi connectivity index (χ4n) is 2.23. The van der Waals surface area contributed by atoms with Crippen molar-refractivity contribution in [2.75, 3.05) is 5.32 Å². The maximum Gasteiger partial charge on any atom is 0.321 e. The smallest absolute Gasteiger partial charge is 0.321 e. The molecule has 2 N–H and O–H groups in total. The molecule has 17 heavy (non-hydrogen) atoms. The van der Waals surface area contributed by atoms with Gasteiger partial charge in [0.25, 0.3) is 0 Å². The van der Waals surface area contributed by atoms with Gasteiger partial charge in [-0.05, 0) is 40.8 Å². The first-order valence-corrected chi connectivity index (χ1v) is 6.77. The van der Waals surface area contributed by atoms with Crippen LogP contribution in [0.5, 0.6) is 0 Å². The minimum atomic E-state index is -0.189. The predicted octanol–water partition coefficient (Wildman–Crippen LogP) is 3.74. The molecule has 0 saturated heterocycles. The predicted molar refractivity (Wildman–Crippen MR) is 70.0 cm³/mol. The lowest BCUT2D eigenvalue weighted by molar-refractivity contribution is 0.232. The van der Waals surface area contributed by atoms with Crippen molar-refractivity contribution in [3.63, 3.8) is 0 Å². The van der Waals surface area contributed by atoms with Gasteiger partial charge in [-0.2, -0.15) is 0 Å². The summed E-state index contributed by atoms with van der Waals surface area (Å²) in [6.45, 7) is 2.19. The van der Waals surface area contributed by atoms with Crippen LogP contribution >= 0.6 is 15.9 Å². The average Bonchev–Trinajstić information content (AvgIpc) is 2.67. The van der Waals surface area contributed by atoms with E-state index in [1.807, 2.05) is 0 Å². The third kappa shape index (κ3) is 3.49. The van der Waals surface area contributed by atoms with E-state index in [0.29, 0.717) is 16.5 Å². The van der Waals surface area contributed by atoms with Gasteiger partial charge in [0.15, 0.2) is 4.67 Å². The SMILES string of the molecule is CC1CCCCC1NC(=O)Nc1ccc(Br)o1. The van der Waals surface area contributed by atoms with Crippen molar-refractivity contribution < 1.29 is 9.21 Å². The van der Waals surface area contributed by atoms with Gasteiger partial charge in [-0.3, -0.25) is 5.32 Å². The van der Waals surface area contributed by atoms with E-state index >= 15 is 0 Å². The summed E-state index contributed by atoms with van der Waals surface area (Å²) in [7, 11) is 0. The number of hydrogen-bond donors (Lipinski definition) is 2. The quantitative estimate of drug-likeness (QED) is 0.874. The van der Waals surface area contributed by atoms with Crippen LogP contribution in [0.2, 0.25) is 0 Å². The number of carbonyl (C=O) groups is 1. The number of nitrogens with one attached hydrogen (secondary N) is 2. The summed E-state index contributed by atoms with van der Waals surface area (Å²) < 4.78 is 5.82. The second-order valence-corrected chi connectivity index (χ2v) is 5.35. The number of furan rings is 1.